The average molecular weight is 156 g/mol. The largest absolute Gasteiger partial charge is 0.367 e. The standard InChI is InChI=1S/C5H8N4O2/c1-6-3-4(10)9(2)5(11)8-7-3/h1-2H3,(H,6,7)(H,8,11). The first-order valence-corrected chi connectivity index (χ1v) is 3.00. The van der Waals surface area contributed by atoms with Crippen LogP contribution in [0.4, 0.5) is 5.82 Å². The zero-order chi connectivity index (χ0) is 8.43. The molecule has 0 saturated carbocycles. The molecule has 1 aromatic heterocycles. The Balaban J connectivity index is 3.50. The number of rotatable bonds is 1. The molecule has 0 saturated heterocycles. The van der Waals surface area contributed by atoms with Crippen LogP contribution in [0, 0.1) is 0 Å². The van der Waals surface area contributed by atoms with E-state index in [9.17, 15) is 9.59 Å². The van der Waals surface area contributed by atoms with Gasteiger partial charge < -0.3 is 5.32 Å². The molecule has 0 radical (unpaired) electrons. The highest BCUT2D eigenvalue weighted by molar-refractivity contribution is 5.27. The maximum atomic E-state index is 11.0. The van der Waals surface area contributed by atoms with Crippen molar-refractivity contribution in [1.29, 1.82) is 0 Å². The highest BCUT2D eigenvalue weighted by Crippen LogP contribution is 1.81. The molecule has 1 rings (SSSR count). The molecule has 0 fully saturated rings. The number of H-pyrrole nitrogens is 1. The third-order valence-electron chi connectivity index (χ3n) is 1.31. The van der Waals surface area contributed by atoms with Crippen LogP contribution in [0.2, 0.25) is 0 Å². The molecule has 0 aliphatic carbocycles. The minimum absolute atomic E-state index is 0.132. The molecule has 0 spiro atoms. The van der Waals surface area contributed by atoms with E-state index in [2.05, 4.69) is 15.5 Å². The van der Waals surface area contributed by atoms with E-state index < -0.39 is 11.2 Å². The summed E-state index contributed by atoms with van der Waals surface area (Å²) in [5.41, 5.74) is -0.953. The van der Waals surface area contributed by atoms with Crippen molar-refractivity contribution in [1.82, 2.24) is 14.8 Å². The molecule has 1 aromatic rings. The summed E-state index contributed by atoms with van der Waals surface area (Å²) >= 11 is 0. The van der Waals surface area contributed by atoms with Crippen LogP contribution in [0.5, 0.6) is 0 Å². The molecular formula is C5H8N4O2. The van der Waals surface area contributed by atoms with Crippen LogP contribution < -0.4 is 16.6 Å². The fourth-order valence-electron chi connectivity index (χ4n) is 0.640. The van der Waals surface area contributed by atoms with Crippen LogP contribution in [-0.2, 0) is 7.05 Å². The SMILES string of the molecule is CNc1n[nH]c(=O)n(C)c1=O. The average Bonchev–Trinajstić information content (AvgIpc) is 2.01. The minimum Gasteiger partial charge on any atom is -0.367 e. The van der Waals surface area contributed by atoms with Crippen LogP contribution in [0.1, 0.15) is 0 Å². The first kappa shape index (κ1) is 7.52. The molecule has 0 unspecified atom stereocenters. The Labute approximate surface area is 61.9 Å². The van der Waals surface area contributed by atoms with E-state index in [-0.39, 0.29) is 5.82 Å². The number of nitrogens with one attached hydrogen (secondary N) is 2. The lowest BCUT2D eigenvalue weighted by Crippen LogP contribution is -2.35. The zero-order valence-electron chi connectivity index (χ0n) is 6.21. The second-order valence-corrected chi connectivity index (χ2v) is 1.99. The van der Waals surface area contributed by atoms with Gasteiger partial charge in [-0.2, -0.15) is 0 Å². The van der Waals surface area contributed by atoms with Crippen molar-refractivity contribution in [3.63, 3.8) is 0 Å². The molecule has 0 aliphatic rings. The van der Waals surface area contributed by atoms with E-state index >= 15 is 0 Å². The summed E-state index contributed by atoms with van der Waals surface area (Å²) in [5.74, 6) is 0.132. The van der Waals surface area contributed by atoms with E-state index in [0.717, 1.165) is 4.57 Å². The van der Waals surface area contributed by atoms with Crippen LogP contribution in [0.3, 0.4) is 0 Å². The third-order valence-corrected chi connectivity index (χ3v) is 1.31. The molecule has 0 aliphatic heterocycles. The van der Waals surface area contributed by atoms with Crippen LogP contribution >= 0.6 is 0 Å². The van der Waals surface area contributed by atoms with Crippen molar-refractivity contribution in [2.75, 3.05) is 12.4 Å². The molecule has 0 aromatic carbocycles. The maximum Gasteiger partial charge on any atom is 0.344 e. The number of hydrogen-bond donors (Lipinski definition) is 2. The summed E-state index contributed by atoms with van der Waals surface area (Å²) in [5, 5.41) is 8.18. The van der Waals surface area contributed by atoms with Gasteiger partial charge in [0.1, 0.15) is 0 Å². The van der Waals surface area contributed by atoms with Gasteiger partial charge in [0.05, 0.1) is 0 Å². The van der Waals surface area contributed by atoms with Crippen molar-refractivity contribution in [3.8, 4) is 0 Å². The van der Waals surface area contributed by atoms with Gasteiger partial charge in [-0.05, 0) is 0 Å². The fraction of sp³-hybridized carbons (Fsp3) is 0.400. The fourth-order valence-corrected chi connectivity index (χ4v) is 0.640. The van der Waals surface area contributed by atoms with Gasteiger partial charge in [-0.1, -0.05) is 0 Å². The molecular weight excluding hydrogens is 148 g/mol. The van der Waals surface area contributed by atoms with Gasteiger partial charge in [-0.3, -0.25) is 9.36 Å². The summed E-state index contributed by atoms with van der Waals surface area (Å²) in [6.45, 7) is 0. The Hall–Kier alpha value is -1.59. The maximum absolute atomic E-state index is 11.0. The summed E-state index contributed by atoms with van der Waals surface area (Å²) in [6.07, 6.45) is 0. The number of aromatic amines is 1. The van der Waals surface area contributed by atoms with Crippen molar-refractivity contribution >= 4 is 5.82 Å². The molecule has 1 heterocycles. The highest BCUT2D eigenvalue weighted by atomic mass is 16.2. The second kappa shape index (κ2) is 2.57. The van der Waals surface area contributed by atoms with E-state index in [4.69, 9.17) is 0 Å². The van der Waals surface area contributed by atoms with E-state index in [1.165, 1.54) is 7.05 Å². The zero-order valence-corrected chi connectivity index (χ0v) is 6.21. The molecule has 6 heteroatoms. The molecule has 60 valence electrons. The van der Waals surface area contributed by atoms with Gasteiger partial charge in [0.2, 0.25) is 5.82 Å². The number of anilines is 1. The Morgan fingerprint density at radius 2 is 2.18 bits per heavy atom. The topological polar surface area (TPSA) is 79.8 Å². The van der Waals surface area contributed by atoms with Crippen molar-refractivity contribution in [2.45, 2.75) is 0 Å². The van der Waals surface area contributed by atoms with Gasteiger partial charge in [0.15, 0.2) is 0 Å². The van der Waals surface area contributed by atoms with Crippen molar-refractivity contribution in [3.05, 3.63) is 20.8 Å². The third kappa shape index (κ3) is 1.14. The van der Waals surface area contributed by atoms with Crippen LogP contribution in [-0.4, -0.2) is 21.8 Å². The van der Waals surface area contributed by atoms with E-state index in [0.29, 0.717) is 0 Å². The molecule has 0 bridgehead atoms. The minimum atomic E-state index is -0.519. The number of aromatic nitrogens is 3. The molecule has 0 amide bonds. The lowest BCUT2D eigenvalue weighted by Gasteiger charge is -1.97. The first-order valence-electron chi connectivity index (χ1n) is 3.00. The van der Waals surface area contributed by atoms with Gasteiger partial charge >= 0.3 is 5.69 Å². The summed E-state index contributed by atoms with van der Waals surface area (Å²) in [6, 6.07) is 0. The molecule has 11 heavy (non-hydrogen) atoms. The summed E-state index contributed by atoms with van der Waals surface area (Å²) in [7, 11) is 2.94. The normalized spacial score (nSPS) is 9.64. The van der Waals surface area contributed by atoms with Gasteiger partial charge in [0.25, 0.3) is 5.56 Å². The Bertz CT molecular complexity index is 363. The van der Waals surface area contributed by atoms with Gasteiger partial charge in [-0.25, -0.2) is 9.89 Å². The lowest BCUT2D eigenvalue weighted by molar-refractivity contribution is 0.731. The van der Waals surface area contributed by atoms with Gasteiger partial charge in [-0.15, -0.1) is 5.10 Å². The van der Waals surface area contributed by atoms with Crippen molar-refractivity contribution in [2.24, 2.45) is 7.05 Å². The first-order chi connectivity index (χ1) is 5.16. The van der Waals surface area contributed by atoms with Crippen LogP contribution in [0.15, 0.2) is 9.59 Å². The second-order valence-electron chi connectivity index (χ2n) is 1.99. The molecule has 0 atom stereocenters. The highest BCUT2D eigenvalue weighted by Gasteiger charge is 2.01. The van der Waals surface area contributed by atoms with E-state index in [1.54, 1.807) is 7.05 Å². The smallest absolute Gasteiger partial charge is 0.344 e. The van der Waals surface area contributed by atoms with Gasteiger partial charge in [0, 0.05) is 14.1 Å². The monoisotopic (exact) mass is 156 g/mol. The predicted octanol–water partition coefficient (Wildman–Crippen LogP) is -1.49. The lowest BCUT2D eigenvalue weighted by atomic mass is 10.7. The quantitative estimate of drug-likeness (QED) is 0.519. The predicted molar refractivity (Wildman–Crippen MR) is 39.6 cm³/mol. The Morgan fingerprint density at radius 3 is 2.73 bits per heavy atom. The molecule has 6 nitrogen and oxygen atoms in total. The van der Waals surface area contributed by atoms with Crippen molar-refractivity contribution < 1.29 is 0 Å². The Kier molecular flexibility index (Phi) is 1.75. The molecule has 2 N–H and O–H groups in total. The van der Waals surface area contributed by atoms with Crippen LogP contribution in [0.25, 0.3) is 0 Å². The number of nitrogens with zero attached hydrogens (tertiary/aromatic N) is 2. The summed E-state index contributed by atoms with van der Waals surface area (Å²) < 4.78 is 0.943. The number of hydrogen-bond acceptors (Lipinski definition) is 4. The summed E-state index contributed by atoms with van der Waals surface area (Å²) in [4.78, 5) is 21.8. The van der Waals surface area contributed by atoms with E-state index in [1.807, 2.05) is 0 Å². The Morgan fingerprint density at radius 1 is 1.55 bits per heavy atom.